The molecule has 0 spiro atoms. The maximum atomic E-state index is 14.1. The maximum absolute atomic E-state index is 14.1. The monoisotopic (exact) mass is 324 g/mol. The van der Waals surface area contributed by atoms with E-state index in [0.29, 0.717) is 24.0 Å². The van der Waals surface area contributed by atoms with Gasteiger partial charge in [-0.25, -0.2) is 4.39 Å². The van der Waals surface area contributed by atoms with E-state index < -0.39 is 0 Å². The molecule has 1 aliphatic rings. The molecule has 24 heavy (non-hydrogen) atoms. The standard InChI is InChI=1S/C22H25FO/c1-3-16-4-6-17(7-5-16)18-8-10-19(11-9-18)20-12-13-21(15-24-2)22(23)14-20/h3,8-14,16-17H,1,4-7,15H2,2H3/t16-,17-. The summed E-state index contributed by atoms with van der Waals surface area (Å²) < 4.78 is 19.1. The predicted octanol–water partition coefficient (Wildman–Crippen LogP) is 6.10. The molecular formula is C22H25FO. The Balaban J connectivity index is 1.73. The van der Waals surface area contributed by atoms with E-state index in [1.165, 1.54) is 31.2 Å². The fraction of sp³-hybridized carbons (Fsp3) is 0.364. The SMILES string of the molecule is C=C[C@H]1CC[C@H](c2ccc(-c3ccc(COC)c(F)c3)cc2)CC1. The van der Waals surface area contributed by atoms with Crippen molar-refractivity contribution in [3.05, 3.63) is 72.1 Å². The van der Waals surface area contributed by atoms with Gasteiger partial charge in [0.1, 0.15) is 5.82 Å². The van der Waals surface area contributed by atoms with Crippen LogP contribution in [0.4, 0.5) is 4.39 Å². The number of hydrogen-bond acceptors (Lipinski definition) is 1. The maximum Gasteiger partial charge on any atom is 0.129 e. The van der Waals surface area contributed by atoms with Crippen molar-refractivity contribution in [3.63, 3.8) is 0 Å². The summed E-state index contributed by atoms with van der Waals surface area (Å²) in [4.78, 5) is 0. The number of hydrogen-bond donors (Lipinski definition) is 0. The topological polar surface area (TPSA) is 9.23 Å². The average Bonchev–Trinajstić information content (AvgIpc) is 2.64. The molecule has 0 aliphatic heterocycles. The first-order valence-electron chi connectivity index (χ1n) is 8.71. The highest BCUT2D eigenvalue weighted by Gasteiger charge is 2.20. The van der Waals surface area contributed by atoms with Crippen molar-refractivity contribution in [2.75, 3.05) is 7.11 Å². The molecule has 2 aromatic rings. The molecule has 2 aromatic carbocycles. The molecule has 0 aromatic heterocycles. The van der Waals surface area contributed by atoms with E-state index in [9.17, 15) is 4.39 Å². The fourth-order valence-electron chi connectivity index (χ4n) is 3.64. The first kappa shape index (κ1) is 16.9. The average molecular weight is 324 g/mol. The van der Waals surface area contributed by atoms with Gasteiger partial charge >= 0.3 is 0 Å². The number of halogens is 1. The van der Waals surface area contributed by atoms with Crippen LogP contribution >= 0.6 is 0 Å². The summed E-state index contributed by atoms with van der Waals surface area (Å²) in [5.74, 6) is 1.13. The Kier molecular flexibility index (Phi) is 5.47. The van der Waals surface area contributed by atoms with Gasteiger partial charge in [-0.05, 0) is 60.3 Å². The molecule has 0 heterocycles. The molecule has 0 saturated heterocycles. The van der Waals surface area contributed by atoms with Crippen molar-refractivity contribution in [2.45, 2.75) is 38.2 Å². The molecule has 0 unspecified atom stereocenters. The lowest BCUT2D eigenvalue weighted by Crippen LogP contribution is -2.11. The highest BCUT2D eigenvalue weighted by Crippen LogP contribution is 2.36. The highest BCUT2D eigenvalue weighted by atomic mass is 19.1. The van der Waals surface area contributed by atoms with E-state index in [0.717, 1.165) is 11.1 Å². The molecule has 126 valence electrons. The second kappa shape index (κ2) is 7.76. The van der Waals surface area contributed by atoms with Gasteiger partial charge in [0.05, 0.1) is 6.61 Å². The third-order valence-electron chi connectivity index (χ3n) is 5.17. The van der Waals surface area contributed by atoms with E-state index in [2.05, 4.69) is 36.9 Å². The zero-order chi connectivity index (χ0) is 16.9. The molecule has 0 amide bonds. The largest absolute Gasteiger partial charge is 0.380 e. The van der Waals surface area contributed by atoms with Crippen LogP contribution < -0.4 is 0 Å². The zero-order valence-electron chi connectivity index (χ0n) is 14.3. The van der Waals surface area contributed by atoms with Crippen LogP contribution in [0.3, 0.4) is 0 Å². The summed E-state index contributed by atoms with van der Waals surface area (Å²) in [6.45, 7) is 4.22. The van der Waals surface area contributed by atoms with Crippen LogP contribution in [-0.2, 0) is 11.3 Å². The first-order chi connectivity index (χ1) is 11.7. The molecule has 1 saturated carbocycles. The van der Waals surface area contributed by atoms with Gasteiger partial charge < -0.3 is 4.74 Å². The predicted molar refractivity (Wildman–Crippen MR) is 97.4 cm³/mol. The molecule has 0 bridgehead atoms. The first-order valence-corrected chi connectivity index (χ1v) is 8.71. The zero-order valence-corrected chi connectivity index (χ0v) is 14.3. The van der Waals surface area contributed by atoms with Gasteiger partial charge in [-0.3, -0.25) is 0 Å². The van der Waals surface area contributed by atoms with Crippen LogP contribution in [0, 0.1) is 11.7 Å². The van der Waals surface area contributed by atoms with Crippen molar-refractivity contribution >= 4 is 0 Å². The Morgan fingerprint density at radius 3 is 2.29 bits per heavy atom. The van der Waals surface area contributed by atoms with Crippen molar-refractivity contribution in [3.8, 4) is 11.1 Å². The number of ether oxygens (including phenoxy) is 1. The lowest BCUT2D eigenvalue weighted by atomic mass is 9.78. The molecule has 2 heteroatoms. The summed E-state index contributed by atoms with van der Waals surface area (Å²) in [5.41, 5.74) is 3.96. The Morgan fingerprint density at radius 1 is 1.04 bits per heavy atom. The Labute approximate surface area is 144 Å². The lowest BCUT2D eigenvalue weighted by Gasteiger charge is -2.27. The van der Waals surface area contributed by atoms with Crippen molar-refractivity contribution in [1.29, 1.82) is 0 Å². The van der Waals surface area contributed by atoms with E-state index in [1.807, 2.05) is 6.07 Å². The molecule has 0 N–H and O–H groups in total. The molecule has 3 rings (SSSR count). The van der Waals surface area contributed by atoms with Crippen LogP contribution in [0.25, 0.3) is 11.1 Å². The Morgan fingerprint density at radius 2 is 1.71 bits per heavy atom. The van der Waals surface area contributed by atoms with E-state index >= 15 is 0 Å². The molecule has 1 aliphatic carbocycles. The van der Waals surface area contributed by atoms with Gasteiger partial charge in [-0.1, -0.05) is 42.5 Å². The van der Waals surface area contributed by atoms with Crippen LogP contribution in [0.1, 0.15) is 42.7 Å². The minimum absolute atomic E-state index is 0.207. The second-order valence-corrected chi connectivity index (χ2v) is 6.71. The van der Waals surface area contributed by atoms with Gasteiger partial charge in [0, 0.05) is 12.7 Å². The Hall–Kier alpha value is -1.93. The van der Waals surface area contributed by atoms with Gasteiger partial charge in [0.25, 0.3) is 0 Å². The van der Waals surface area contributed by atoms with Crippen LogP contribution in [0.15, 0.2) is 55.1 Å². The molecule has 1 fully saturated rings. The molecule has 0 radical (unpaired) electrons. The van der Waals surface area contributed by atoms with Crippen LogP contribution in [-0.4, -0.2) is 7.11 Å². The van der Waals surface area contributed by atoms with E-state index in [-0.39, 0.29) is 5.82 Å². The molecular weight excluding hydrogens is 299 g/mol. The second-order valence-electron chi connectivity index (χ2n) is 6.71. The van der Waals surface area contributed by atoms with Crippen molar-refractivity contribution in [2.24, 2.45) is 5.92 Å². The quantitative estimate of drug-likeness (QED) is 0.604. The normalized spacial score (nSPS) is 20.8. The summed E-state index contributed by atoms with van der Waals surface area (Å²) in [6.07, 6.45) is 7.04. The van der Waals surface area contributed by atoms with E-state index in [1.54, 1.807) is 19.2 Å². The molecule has 0 atom stereocenters. The fourth-order valence-corrected chi connectivity index (χ4v) is 3.64. The Bertz CT molecular complexity index is 682. The number of allylic oxidation sites excluding steroid dienone is 1. The van der Waals surface area contributed by atoms with Crippen molar-refractivity contribution < 1.29 is 9.13 Å². The van der Waals surface area contributed by atoms with Crippen LogP contribution in [0.2, 0.25) is 0 Å². The summed E-state index contributed by atoms with van der Waals surface area (Å²) in [6, 6.07) is 14.0. The van der Waals surface area contributed by atoms with Gasteiger partial charge in [-0.15, -0.1) is 6.58 Å². The van der Waals surface area contributed by atoms with E-state index in [4.69, 9.17) is 4.74 Å². The smallest absolute Gasteiger partial charge is 0.129 e. The third kappa shape index (κ3) is 3.76. The minimum atomic E-state index is -0.207. The number of rotatable bonds is 5. The molecule has 1 nitrogen and oxygen atoms in total. The summed E-state index contributed by atoms with van der Waals surface area (Å²) >= 11 is 0. The number of benzene rings is 2. The van der Waals surface area contributed by atoms with Crippen molar-refractivity contribution in [1.82, 2.24) is 0 Å². The third-order valence-corrected chi connectivity index (χ3v) is 5.17. The number of methoxy groups -OCH3 is 1. The minimum Gasteiger partial charge on any atom is -0.380 e. The summed E-state index contributed by atoms with van der Waals surface area (Å²) in [5, 5.41) is 0. The van der Waals surface area contributed by atoms with Gasteiger partial charge in [0.15, 0.2) is 0 Å². The van der Waals surface area contributed by atoms with Gasteiger partial charge in [0.2, 0.25) is 0 Å². The van der Waals surface area contributed by atoms with Gasteiger partial charge in [-0.2, -0.15) is 0 Å². The highest BCUT2D eigenvalue weighted by molar-refractivity contribution is 5.64. The van der Waals surface area contributed by atoms with Crippen LogP contribution in [0.5, 0.6) is 0 Å². The summed E-state index contributed by atoms with van der Waals surface area (Å²) in [7, 11) is 1.58. The lowest BCUT2D eigenvalue weighted by molar-refractivity contribution is 0.181.